The molecule has 3 atom stereocenters. The van der Waals surface area contributed by atoms with Crippen LogP contribution in [0.25, 0.3) is 0 Å². The summed E-state index contributed by atoms with van der Waals surface area (Å²) in [7, 11) is 0. The Morgan fingerprint density at radius 2 is 2.05 bits per heavy atom. The van der Waals surface area contributed by atoms with Crippen LogP contribution in [0, 0.1) is 5.92 Å². The summed E-state index contributed by atoms with van der Waals surface area (Å²) in [5, 5.41) is 3.19. The van der Waals surface area contributed by atoms with Crippen molar-refractivity contribution in [2.75, 3.05) is 13.1 Å². The van der Waals surface area contributed by atoms with E-state index in [0.717, 1.165) is 25.9 Å². The SMILES string of the molecule is CC[C@H](C)C(=O)N[C@H]1CCN([C@@H](C)c2ccccc2)C1. The van der Waals surface area contributed by atoms with Crippen molar-refractivity contribution in [1.29, 1.82) is 0 Å². The lowest BCUT2D eigenvalue weighted by Crippen LogP contribution is -2.40. The van der Waals surface area contributed by atoms with Crippen LogP contribution in [0.3, 0.4) is 0 Å². The molecule has 110 valence electrons. The van der Waals surface area contributed by atoms with Gasteiger partial charge in [-0.2, -0.15) is 0 Å². The first kappa shape index (κ1) is 15.0. The van der Waals surface area contributed by atoms with Crippen molar-refractivity contribution in [3.8, 4) is 0 Å². The third kappa shape index (κ3) is 3.60. The predicted molar refractivity (Wildman–Crippen MR) is 82.4 cm³/mol. The lowest BCUT2D eigenvalue weighted by molar-refractivity contribution is -0.125. The summed E-state index contributed by atoms with van der Waals surface area (Å²) in [4.78, 5) is 14.4. The summed E-state index contributed by atoms with van der Waals surface area (Å²) in [6, 6.07) is 11.3. The minimum Gasteiger partial charge on any atom is -0.352 e. The highest BCUT2D eigenvalue weighted by molar-refractivity contribution is 5.78. The molecule has 1 saturated heterocycles. The second-order valence-electron chi connectivity index (χ2n) is 5.89. The van der Waals surface area contributed by atoms with Gasteiger partial charge in [0.05, 0.1) is 0 Å². The van der Waals surface area contributed by atoms with Crippen molar-refractivity contribution in [1.82, 2.24) is 10.2 Å². The Bertz CT molecular complexity index is 432. The quantitative estimate of drug-likeness (QED) is 0.895. The zero-order valence-electron chi connectivity index (χ0n) is 12.8. The van der Waals surface area contributed by atoms with Crippen LogP contribution in [0.2, 0.25) is 0 Å². The summed E-state index contributed by atoms with van der Waals surface area (Å²) >= 11 is 0. The normalized spacial score (nSPS) is 22.4. The van der Waals surface area contributed by atoms with Gasteiger partial charge in [-0.25, -0.2) is 0 Å². The topological polar surface area (TPSA) is 32.3 Å². The molecule has 20 heavy (non-hydrogen) atoms. The predicted octanol–water partition coefficient (Wildman–Crippen LogP) is 2.98. The smallest absolute Gasteiger partial charge is 0.223 e. The molecule has 1 fully saturated rings. The Kier molecular flexibility index (Phi) is 5.18. The monoisotopic (exact) mass is 274 g/mol. The third-order valence-electron chi connectivity index (χ3n) is 4.46. The van der Waals surface area contributed by atoms with Gasteiger partial charge >= 0.3 is 0 Å². The first-order chi connectivity index (χ1) is 9.61. The minimum absolute atomic E-state index is 0.121. The molecule has 1 amide bonds. The number of nitrogens with one attached hydrogen (secondary N) is 1. The lowest BCUT2D eigenvalue weighted by atomic mass is 10.1. The highest BCUT2D eigenvalue weighted by atomic mass is 16.1. The second-order valence-corrected chi connectivity index (χ2v) is 5.89. The third-order valence-corrected chi connectivity index (χ3v) is 4.46. The number of likely N-dealkylation sites (tertiary alicyclic amines) is 1. The molecule has 1 aliphatic rings. The number of hydrogen-bond donors (Lipinski definition) is 1. The van der Waals surface area contributed by atoms with Gasteiger partial charge in [-0.3, -0.25) is 9.69 Å². The molecule has 2 rings (SSSR count). The van der Waals surface area contributed by atoms with E-state index in [0.29, 0.717) is 12.1 Å². The van der Waals surface area contributed by atoms with Gasteiger partial charge in [0.1, 0.15) is 0 Å². The van der Waals surface area contributed by atoms with Crippen LogP contribution in [0.1, 0.15) is 45.2 Å². The Balaban J connectivity index is 1.88. The van der Waals surface area contributed by atoms with Gasteiger partial charge in [0.25, 0.3) is 0 Å². The van der Waals surface area contributed by atoms with Gasteiger partial charge in [-0.05, 0) is 25.3 Å². The molecule has 1 aliphatic heterocycles. The van der Waals surface area contributed by atoms with E-state index in [2.05, 4.69) is 54.4 Å². The molecular formula is C17H26N2O. The first-order valence-corrected chi connectivity index (χ1v) is 7.71. The van der Waals surface area contributed by atoms with Crippen LogP contribution in [-0.4, -0.2) is 29.9 Å². The number of carbonyl (C=O) groups excluding carboxylic acids is 1. The number of rotatable bonds is 5. The molecule has 0 spiro atoms. The van der Waals surface area contributed by atoms with E-state index in [1.54, 1.807) is 0 Å². The maximum atomic E-state index is 11.9. The molecule has 1 N–H and O–H groups in total. The van der Waals surface area contributed by atoms with E-state index in [4.69, 9.17) is 0 Å². The fourth-order valence-electron chi connectivity index (χ4n) is 2.73. The summed E-state index contributed by atoms with van der Waals surface area (Å²) < 4.78 is 0. The van der Waals surface area contributed by atoms with Crippen molar-refractivity contribution in [2.24, 2.45) is 5.92 Å². The van der Waals surface area contributed by atoms with E-state index >= 15 is 0 Å². The van der Waals surface area contributed by atoms with Gasteiger partial charge in [-0.1, -0.05) is 44.2 Å². The molecule has 0 radical (unpaired) electrons. The molecule has 0 bridgehead atoms. The maximum Gasteiger partial charge on any atom is 0.223 e. The molecule has 0 unspecified atom stereocenters. The average Bonchev–Trinajstić information content (AvgIpc) is 2.94. The van der Waals surface area contributed by atoms with Crippen LogP contribution in [-0.2, 0) is 4.79 Å². The number of benzene rings is 1. The van der Waals surface area contributed by atoms with Crippen molar-refractivity contribution < 1.29 is 4.79 Å². The molecule has 1 heterocycles. The molecule has 0 aromatic heterocycles. The average molecular weight is 274 g/mol. The maximum absolute atomic E-state index is 11.9. The van der Waals surface area contributed by atoms with Gasteiger partial charge in [0.2, 0.25) is 5.91 Å². The van der Waals surface area contributed by atoms with Crippen molar-refractivity contribution in [3.05, 3.63) is 35.9 Å². The second kappa shape index (κ2) is 6.89. The fraction of sp³-hybridized carbons (Fsp3) is 0.588. The van der Waals surface area contributed by atoms with Crippen molar-refractivity contribution in [2.45, 2.75) is 45.7 Å². The highest BCUT2D eigenvalue weighted by Crippen LogP contribution is 2.24. The molecular weight excluding hydrogens is 248 g/mol. The number of nitrogens with zero attached hydrogens (tertiary/aromatic N) is 1. The standard InChI is InChI=1S/C17H26N2O/c1-4-13(2)17(20)18-16-10-11-19(12-16)14(3)15-8-6-5-7-9-15/h5-9,13-14,16H,4,10-12H2,1-3H3,(H,18,20)/t13-,14-,16-/m0/s1. The first-order valence-electron chi connectivity index (χ1n) is 7.71. The summed E-state index contributed by atoms with van der Waals surface area (Å²) in [5.74, 6) is 0.322. The van der Waals surface area contributed by atoms with Crippen LogP contribution >= 0.6 is 0 Å². The molecule has 1 aromatic carbocycles. The molecule has 0 aliphatic carbocycles. The summed E-state index contributed by atoms with van der Waals surface area (Å²) in [5.41, 5.74) is 1.35. The Hall–Kier alpha value is -1.35. The largest absolute Gasteiger partial charge is 0.352 e. The van der Waals surface area contributed by atoms with E-state index in [-0.39, 0.29) is 11.8 Å². The van der Waals surface area contributed by atoms with E-state index in [1.165, 1.54) is 5.56 Å². The molecule has 1 aromatic rings. The van der Waals surface area contributed by atoms with Crippen molar-refractivity contribution in [3.63, 3.8) is 0 Å². The van der Waals surface area contributed by atoms with Gasteiger partial charge in [-0.15, -0.1) is 0 Å². The number of carbonyl (C=O) groups is 1. The van der Waals surface area contributed by atoms with E-state index in [9.17, 15) is 4.79 Å². The van der Waals surface area contributed by atoms with Crippen LogP contribution in [0.5, 0.6) is 0 Å². The van der Waals surface area contributed by atoms with Crippen LogP contribution in [0.15, 0.2) is 30.3 Å². The molecule has 3 heteroatoms. The van der Waals surface area contributed by atoms with E-state index in [1.807, 2.05) is 6.92 Å². The minimum atomic E-state index is 0.121. The van der Waals surface area contributed by atoms with Gasteiger partial charge in [0.15, 0.2) is 0 Å². The van der Waals surface area contributed by atoms with Crippen LogP contribution < -0.4 is 5.32 Å². The summed E-state index contributed by atoms with van der Waals surface area (Å²) in [6.45, 7) is 8.31. The fourth-order valence-corrected chi connectivity index (χ4v) is 2.73. The number of hydrogen-bond acceptors (Lipinski definition) is 2. The summed E-state index contributed by atoms with van der Waals surface area (Å²) in [6.07, 6.45) is 1.96. The van der Waals surface area contributed by atoms with Crippen LogP contribution in [0.4, 0.5) is 0 Å². The number of amides is 1. The molecule has 3 nitrogen and oxygen atoms in total. The Labute approximate surface area is 122 Å². The Morgan fingerprint density at radius 1 is 1.35 bits per heavy atom. The zero-order valence-corrected chi connectivity index (χ0v) is 12.8. The van der Waals surface area contributed by atoms with E-state index < -0.39 is 0 Å². The lowest BCUT2D eigenvalue weighted by Gasteiger charge is -2.25. The Morgan fingerprint density at radius 3 is 2.70 bits per heavy atom. The zero-order chi connectivity index (χ0) is 14.5. The van der Waals surface area contributed by atoms with Gasteiger partial charge < -0.3 is 5.32 Å². The molecule has 0 saturated carbocycles. The highest BCUT2D eigenvalue weighted by Gasteiger charge is 2.28. The van der Waals surface area contributed by atoms with Gasteiger partial charge in [0, 0.05) is 31.1 Å². The van der Waals surface area contributed by atoms with Crippen molar-refractivity contribution >= 4 is 5.91 Å².